The SMILES string of the molecule is Cc1ccc(C(=O)O)cc1SCc1c(C)noc1C. The molecule has 0 aliphatic heterocycles. The Bertz CT molecular complexity index is 600. The predicted molar refractivity (Wildman–Crippen MR) is 73.7 cm³/mol. The summed E-state index contributed by atoms with van der Waals surface area (Å²) in [6.45, 7) is 5.77. The van der Waals surface area contributed by atoms with Crippen LogP contribution in [0, 0.1) is 20.8 Å². The summed E-state index contributed by atoms with van der Waals surface area (Å²) in [5.74, 6) is 0.640. The third kappa shape index (κ3) is 2.98. The van der Waals surface area contributed by atoms with Crippen LogP contribution in [-0.2, 0) is 5.75 Å². The van der Waals surface area contributed by atoms with Gasteiger partial charge in [-0.15, -0.1) is 11.8 Å². The Morgan fingerprint density at radius 1 is 1.37 bits per heavy atom. The highest BCUT2D eigenvalue weighted by molar-refractivity contribution is 7.98. The average molecular weight is 277 g/mol. The number of hydrogen-bond donors (Lipinski definition) is 1. The van der Waals surface area contributed by atoms with E-state index < -0.39 is 5.97 Å². The van der Waals surface area contributed by atoms with Gasteiger partial charge in [-0.3, -0.25) is 0 Å². The van der Waals surface area contributed by atoms with Crippen LogP contribution in [0.15, 0.2) is 27.6 Å². The number of benzene rings is 1. The molecule has 0 aliphatic carbocycles. The minimum absolute atomic E-state index is 0.312. The van der Waals surface area contributed by atoms with E-state index in [-0.39, 0.29) is 0 Å². The van der Waals surface area contributed by atoms with E-state index in [2.05, 4.69) is 5.16 Å². The highest BCUT2D eigenvalue weighted by Gasteiger charge is 2.11. The lowest BCUT2D eigenvalue weighted by Gasteiger charge is -2.06. The second-order valence-electron chi connectivity index (χ2n) is 4.38. The van der Waals surface area contributed by atoms with E-state index in [1.54, 1.807) is 23.9 Å². The van der Waals surface area contributed by atoms with Crippen LogP contribution in [0.25, 0.3) is 0 Å². The molecule has 2 rings (SSSR count). The van der Waals surface area contributed by atoms with Crippen LogP contribution >= 0.6 is 11.8 Å². The molecule has 0 spiro atoms. The summed E-state index contributed by atoms with van der Waals surface area (Å²) < 4.78 is 5.12. The molecule has 0 saturated heterocycles. The summed E-state index contributed by atoms with van der Waals surface area (Å²) in [5.41, 5.74) is 3.34. The highest BCUT2D eigenvalue weighted by atomic mass is 32.2. The van der Waals surface area contributed by atoms with E-state index in [1.165, 1.54) is 0 Å². The highest BCUT2D eigenvalue weighted by Crippen LogP contribution is 2.29. The van der Waals surface area contributed by atoms with E-state index in [0.717, 1.165) is 33.2 Å². The minimum Gasteiger partial charge on any atom is -0.478 e. The van der Waals surface area contributed by atoms with E-state index in [9.17, 15) is 4.79 Å². The summed E-state index contributed by atoms with van der Waals surface area (Å²) in [6, 6.07) is 5.16. The van der Waals surface area contributed by atoms with Gasteiger partial charge >= 0.3 is 5.97 Å². The molecule has 4 nitrogen and oxygen atoms in total. The van der Waals surface area contributed by atoms with E-state index in [1.807, 2.05) is 26.8 Å². The minimum atomic E-state index is -0.904. The summed E-state index contributed by atoms with van der Waals surface area (Å²) in [5, 5.41) is 12.9. The lowest BCUT2D eigenvalue weighted by Crippen LogP contribution is -1.97. The maximum Gasteiger partial charge on any atom is 0.335 e. The van der Waals surface area contributed by atoms with E-state index >= 15 is 0 Å². The maximum atomic E-state index is 11.0. The summed E-state index contributed by atoms with van der Waals surface area (Å²) in [7, 11) is 0. The molecule has 0 fully saturated rings. The normalized spacial score (nSPS) is 10.7. The average Bonchev–Trinajstić information content (AvgIpc) is 2.68. The quantitative estimate of drug-likeness (QED) is 0.865. The number of carbonyl (C=O) groups is 1. The molecular formula is C14H15NO3S. The van der Waals surface area contributed by atoms with Gasteiger partial charge in [0.2, 0.25) is 0 Å². The first-order valence-corrected chi connectivity index (χ1v) is 6.86. The number of aromatic carboxylic acids is 1. The number of thioether (sulfide) groups is 1. The standard InChI is InChI=1S/C14H15NO3S/c1-8-4-5-11(14(16)17)6-13(8)19-7-12-9(2)15-18-10(12)3/h4-6H,7H2,1-3H3,(H,16,17). The van der Waals surface area contributed by atoms with Gasteiger partial charge in [-0.2, -0.15) is 0 Å². The van der Waals surface area contributed by atoms with Gasteiger partial charge in [0.25, 0.3) is 0 Å². The summed E-state index contributed by atoms with van der Waals surface area (Å²) >= 11 is 1.60. The second kappa shape index (κ2) is 5.48. The van der Waals surface area contributed by atoms with Gasteiger partial charge in [-0.05, 0) is 38.5 Å². The number of hydrogen-bond acceptors (Lipinski definition) is 4. The molecule has 2 aromatic rings. The first-order valence-electron chi connectivity index (χ1n) is 5.87. The number of rotatable bonds is 4. The smallest absolute Gasteiger partial charge is 0.335 e. The largest absolute Gasteiger partial charge is 0.478 e. The van der Waals surface area contributed by atoms with Crippen LogP contribution in [0.4, 0.5) is 0 Å². The van der Waals surface area contributed by atoms with Crippen LogP contribution in [0.3, 0.4) is 0 Å². The van der Waals surface area contributed by atoms with Crippen molar-refractivity contribution in [1.82, 2.24) is 5.16 Å². The van der Waals surface area contributed by atoms with Crippen molar-refractivity contribution in [2.45, 2.75) is 31.4 Å². The van der Waals surface area contributed by atoms with Gasteiger partial charge in [0.1, 0.15) is 5.76 Å². The predicted octanol–water partition coefficient (Wildman–Crippen LogP) is 3.59. The van der Waals surface area contributed by atoms with Crippen molar-refractivity contribution in [2.24, 2.45) is 0 Å². The summed E-state index contributed by atoms with van der Waals surface area (Å²) in [6.07, 6.45) is 0. The van der Waals surface area contributed by atoms with Crippen LogP contribution < -0.4 is 0 Å². The molecule has 1 heterocycles. The fraction of sp³-hybridized carbons (Fsp3) is 0.286. The van der Waals surface area contributed by atoms with Crippen molar-refractivity contribution >= 4 is 17.7 Å². The van der Waals surface area contributed by atoms with Crippen LogP contribution in [0.1, 0.15) is 32.9 Å². The Morgan fingerprint density at radius 2 is 2.11 bits per heavy atom. The van der Waals surface area contributed by atoms with E-state index in [4.69, 9.17) is 9.63 Å². The van der Waals surface area contributed by atoms with Crippen molar-refractivity contribution in [3.63, 3.8) is 0 Å². The van der Waals surface area contributed by atoms with Crippen LogP contribution in [-0.4, -0.2) is 16.2 Å². The third-order valence-electron chi connectivity index (χ3n) is 2.99. The number of carboxylic acid groups (broad SMARTS) is 1. The first kappa shape index (κ1) is 13.7. The molecule has 0 bridgehead atoms. The zero-order valence-electron chi connectivity index (χ0n) is 11.1. The van der Waals surface area contributed by atoms with Gasteiger partial charge < -0.3 is 9.63 Å². The lowest BCUT2D eigenvalue weighted by atomic mass is 10.1. The molecule has 1 N–H and O–H groups in total. The summed E-state index contributed by atoms with van der Waals surface area (Å²) in [4.78, 5) is 11.9. The monoisotopic (exact) mass is 277 g/mol. The van der Waals surface area contributed by atoms with Crippen LogP contribution in [0.5, 0.6) is 0 Å². The number of aryl methyl sites for hydroxylation is 3. The van der Waals surface area contributed by atoms with E-state index in [0.29, 0.717) is 5.56 Å². The van der Waals surface area contributed by atoms with Gasteiger partial charge in [0, 0.05) is 16.2 Å². The third-order valence-corrected chi connectivity index (χ3v) is 4.17. The second-order valence-corrected chi connectivity index (χ2v) is 5.39. The van der Waals surface area contributed by atoms with Crippen molar-refractivity contribution in [3.05, 3.63) is 46.3 Å². The van der Waals surface area contributed by atoms with Crippen molar-refractivity contribution < 1.29 is 14.4 Å². The van der Waals surface area contributed by atoms with Gasteiger partial charge in [0.05, 0.1) is 11.3 Å². The lowest BCUT2D eigenvalue weighted by molar-refractivity contribution is 0.0696. The molecule has 5 heteroatoms. The Morgan fingerprint density at radius 3 is 2.68 bits per heavy atom. The number of nitrogens with zero attached hydrogens (tertiary/aromatic N) is 1. The molecule has 0 radical (unpaired) electrons. The molecule has 19 heavy (non-hydrogen) atoms. The molecule has 1 aromatic heterocycles. The fourth-order valence-electron chi connectivity index (χ4n) is 1.75. The molecule has 0 atom stereocenters. The Kier molecular flexibility index (Phi) is 3.95. The number of carboxylic acids is 1. The molecule has 0 saturated carbocycles. The molecule has 0 amide bonds. The molecule has 0 aliphatic rings. The van der Waals surface area contributed by atoms with Gasteiger partial charge in [-0.1, -0.05) is 11.2 Å². The molecule has 0 unspecified atom stereocenters. The molecule has 100 valence electrons. The van der Waals surface area contributed by atoms with Crippen molar-refractivity contribution in [3.8, 4) is 0 Å². The molecule has 1 aromatic carbocycles. The van der Waals surface area contributed by atoms with Crippen molar-refractivity contribution in [1.29, 1.82) is 0 Å². The van der Waals surface area contributed by atoms with Gasteiger partial charge in [0.15, 0.2) is 0 Å². The van der Waals surface area contributed by atoms with Gasteiger partial charge in [-0.25, -0.2) is 4.79 Å². The Labute approximate surface area is 115 Å². The fourth-order valence-corrected chi connectivity index (χ4v) is 2.96. The Hall–Kier alpha value is -1.75. The first-order chi connectivity index (χ1) is 8.99. The molecular weight excluding hydrogens is 262 g/mol. The zero-order valence-corrected chi connectivity index (χ0v) is 11.9. The maximum absolute atomic E-state index is 11.0. The zero-order chi connectivity index (χ0) is 14.0. The van der Waals surface area contributed by atoms with Crippen LogP contribution in [0.2, 0.25) is 0 Å². The topological polar surface area (TPSA) is 63.3 Å². The number of aromatic nitrogens is 1. The van der Waals surface area contributed by atoms with Crippen molar-refractivity contribution in [2.75, 3.05) is 0 Å². The Balaban J connectivity index is 2.20.